The summed E-state index contributed by atoms with van der Waals surface area (Å²) in [6.07, 6.45) is 1.69. The van der Waals surface area contributed by atoms with Crippen LogP contribution in [0.15, 0.2) is 42.5 Å². The van der Waals surface area contributed by atoms with Gasteiger partial charge in [0.2, 0.25) is 0 Å². The molecular formula is C15H15Cl2NOS. The molecule has 106 valence electrons. The Hall–Kier alpha value is -1.03. The molecule has 2 aromatic carbocycles. The lowest BCUT2D eigenvalue weighted by atomic mass is 10.2. The Kier molecular flexibility index (Phi) is 5.46. The number of halogens is 2. The van der Waals surface area contributed by atoms with Crippen LogP contribution < -0.4 is 5.32 Å². The molecule has 1 atom stereocenters. The van der Waals surface area contributed by atoms with Crippen molar-refractivity contribution in [3.8, 4) is 0 Å². The lowest BCUT2D eigenvalue weighted by Gasteiger charge is -2.11. The highest BCUT2D eigenvalue weighted by Crippen LogP contribution is 2.25. The van der Waals surface area contributed by atoms with E-state index >= 15 is 0 Å². The summed E-state index contributed by atoms with van der Waals surface area (Å²) in [5, 5.41) is 4.63. The van der Waals surface area contributed by atoms with Crippen molar-refractivity contribution < 1.29 is 4.21 Å². The van der Waals surface area contributed by atoms with Crippen LogP contribution in [0.4, 0.5) is 5.69 Å². The molecule has 0 aliphatic carbocycles. The molecule has 5 heteroatoms. The van der Waals surface area contributed by atoms with Gasteiger partial charge in [0.25, 0.3) is 0 Å². The van der Waals surface area contributed by atoms with Crippen LogP contribution in [0.5, 0.6) is 0 Å². The van der Waals surface area contributed by atoms with Crippen molar-refractivity contribution in [3.63, 3.8) is 0 Å². The smallest absolute Gasteiger partial charge is 0.0637 e. The van der Waals surface area contributed by atoms with E-state index < -0.39 is 10.8 Å². The van der Waals surface area contributed by atoms with Gasteiger partial charge in [-0.1, -0.05) is 47.5 Å². The number of rotatable bonds is 5. The van der Waals surface area contributed by atoms with E-state index in [1.807, 2.05) is 42.5 Å². The van der Waals surface area contributed by atoms with E-state index in [0.717, 1.165) is 21.8 Å². The van der Waals surface area contributed by atoms with E-state index in [9.17, 15) is 4.21 Å². The highest BCUT2D eigenvalue weighted by atomic mass is 35.5. The summed E-state index contributed by atoms with van der Waals surface area (Å²) in [7, 11) is -0.867. The Bertz CT molecular complexity index is 631. The largest absolute Gasteiger partial charge is 0.380 e. The van der Waals surface area contributed by atoms with Gasteiger partial charge >= 0.3 is 0 Å². The molecule has 0 unspecified atom stereocenters. The maximum absolute atomic E-state index is 11.3. The normalized spacial score (nSPS) is 12.2. The van der Waals surface area contributed by atoms with Crippen molar-refractivity contribution in [1.29, 1.82) is 0 Å². The average Bonchev–Trinajstić information content (AvgIpc) is 2.40. The molecule has 0 spiro atoms. The molecule has 0 saturated carbocycles. The molecule has 0 saturated heterocycles. The molecule has 20 heavy (non-hydrogen) atoms. The van der Waals surface area contributed by atoms with Crippen LogP contribution in [-0.4, -0.2) is 10.5 Å². The number of hydrogen-bond donors (Lipinski definition) is 1. The van der Waals surface area contributed by atoms with E-state index in [4.69, 9.17) is 23.2 Å². The van der Waals surface area contributed by atoms with Gasteiger partial charge in [0.1, 0.15) is 0 Å². The fourth-order valence-electron chi connectivity index (χ4n) is 1.86. The minimum atomic E-state index is -0.867. The Balaban J connectivity index is 2.12. The van der Waals surface area contributed by atoms with Gasteiger partial charge in [-0.25, -0.2) is 0 Å². The molecule has 0 fully saturated rings. The van der Waals surface area contributed by atoms with Crippen LogP contribution in [0.2, 0.25) is 10.0 Å². The maximum Gasteiger partial charge on any atom is 0.0637 e. The molecule has 2 aromatic rings. The quantitative estimate of drug-likeness (QED) is 0.876. The van der Waals surface area contributed by atoms with Crippen molar-refractivity contribution >= 4 is 39.7 Å². The van der Waals surface area contributed by atoms with Gasteiger partial charge < -0.3 is 5.32 Å². The number of anilines is 1. The monoisotopic (exact) mass is 327 g/mol. The number of nitrogens with one attached hydrogen (secondary N) is 1. The van der Waals surface area contributed by atoms with Crippen molar-refractivity contribution in [1.82, 2.24) is 0 Å². The van der Waals surface area contributed by atoms with E-state index in [2.05, 4.69) is 5.32 Å². The molecule has 2 rings (SSSR count). The van der Waals surface area contributed by atoms with E-state index in [-0.39, 0.29) is 0 Å². The summed E-state index contributed by atoms with van der Waals surface area (Å²) in [4.78, 5) is 0. The van der Waals surface area contributed by atoms with E-state index in [1.54, 1.807) is 6.26 Å². The first kappa shape index (κ1) is 15.4. The van der Waals surface area contributed by atoms with Crippen LogP contribution in [-0.2, 0) is 23.1 Å². The Morgan fingerprint density at radius 3 is 2.55 bits per heavy atom. The fourth-order valence-corrected chi connectivity index (χ4v) is 2.90. The van der Waals surface area contributed by atoms with Gasteiger partial charge in [-0.3, -0.25) is 4.21 Å². The zero-order valence-electron chi connectivity index (χ0n) is 11.0. The maximum atomic E-state index is 11.3. The molecule has 1 N–H and O–H groups in total. The molecule has 2 nitrogen and oxygen atoms in total. The molecule has 0 radical (unpaired) electrons. The van der Waals surface area contributed by atoms with Gasteiger partial charge in [0.15, 0.2) is 0 Å². The first-order valence-electron chi connectivity index (χ1n) is 6.12. The van der Waals surface area contributed by atoms with Crippen molar-refractivity contribution in [2.75, 3.05) is 11.6 Å². The lowest BCUT2D eigenvalue weighted by molar-refractivity contribution is 0.686. The summed E-state index contributed by atoms with van der Waals surface area (Å²) < 4.78 is 11.3. The Morgan fingerprint density at radius 2 is 1.85 bits per heavy atom. The summed E-state index contributed by atoms with van der Waals surface area (Å²) in [5.41, 5.74) is 2.83. The van der Waals surface area contributed by atoms with Gasteiger partial charge in [-0.05, 0) is 29.3 Å². The minimum Gasteiger partial charge on any atom is -0.380 e. The predicted molar refractivity (Wildman–Crippen MR) is 88.0 cm³/mol. The van der Waals surface area contributed by atoms with Crippen LogP contribution in [0.3, 0.4) is 0 Å². The summed E-state index contributed by atoms with van der Waals surface area (Å²) in [6.45, 7) is 0.595. The topological polar surface area (TPSA) is 29.1 Å². The lowest BCUT2D eigenvalue weighted by Crippen LogP contribution is -2.02. The fraction of sp³-hybridized carbons (Fsp3) is 0.200. The van der Waals surface area contributed by atoms with Crippen LogP contribution in [0, 0.1) is 0 Å². The molecule has 0 bridgehead atoms. The SMILES string of the molecule is C[S@](=O)Cc1ccc(Cl)c(NCc2ccccc2Cl)c1. The predicted octanol–water partition coefficient (Wildman–Crippen LogP) is 4.48. The third-order valence-electron chi connectivity index (χ3n) is 2.83. The van der Waals surface area contributed by atoms with Crippen molar-refractivity contribution in [2.45, 2.75) is 12.3 Å². The molecule has 0 aliphatic heterocycles. The van der Waals surface area contributed by atoms with Crippen LogP contribution in [0.1, 0.15) is 11.1 Å². The Labute approximate surface area is 131 Å². The zero-order valence-corrected chi connectivity index (χ0v) is 13.4. The molecule has 0 heterocycles. The zero-order chi connectivity index (χ0) is 14.5. The second-order valence-corrected chi connectivity index (χ2v) is 6.73. The van der Waals surface area contributed by atoms with Gasteiger partial charge in [0.05, 0.1) is 10.7 Å². The van der Waals surface area contributed by atoms with Gasteiger partial charge in [-0.2, -0.15) is 0 Å². The third-order valence-corrected chi connectivity index (χ3v) is 4.27. The number of hydrogen-bond acceptors (Lipinski definition) is 2. The summed E-state index contributed by atoms with van der Waals surface area (Å²) in [6, 6.07) is 13.3. The van der Waals surface area contributed by atoms with Crippen LogP contribution >= 0.6 is 23.2 Å². The second kappa shape index (κ2) is 7.11. The average molecular weight is 328 g/mol. The first-order chi connectivity index (χ1) is 9.56. The second-order valence-electron chi connectivity index (χ2n) is 4.48. The first-order valence-corrected chi connectivity index (χ1v) is 8.60. The van der Waals surface area contributed by atoms with Crippen LogP contribution in [0.25, 0.3) is 0 Å². The minimum absolute atomic E-state index is 0.526. The molecule has 0 aromatic heterocycles. The van der Waals surface area contributed by atoms with E-state index in [0.29, 0.717) is 17.3 Å². The van der Waals surface area contributed by atoms with E-state index in [1.165, 1.54) is 0 Å². The Morgan fingerprint density at radius 1 is 1.10 bits per heavy atom. The highest BCUT2D eigenvalue weighted by Gasteiger charge is 2.05. The highest BCUT2D eigenvalue weighted by molar-refractivity contribution is 7.83. The summed E-state index contributed by atoms with van der Waals surface area (Å²) >= 11 is 12.3. The van der Waals surface area contributed by atoms with Gasteiger partial charge in [-0.15, -0.1) is 0 Å². The molecular weight excluding hydrogens is 313 g/mol. The number of benzene rings is 2. The summed E-state index contributed by atoms with van der Waals surface area (Å²) in [5.74, 6) is 0.526. The van der Waals surface area contributed by atoms with Crippen molar-refractivity contribution in [2.24, 2.45) is 0 Å². The van der Waals surface area contributed by atoms with Crippen molar-refractivity contribution in [3.05, 3.63) is 63.6 Å². The molecule has 0 amide bonds. The standard InChI is InChI=1S/C15H15Cl2NOS/c1-20(19)10-11-6-7-14(17)15(8-11)18-9-12-4-2-3-5-13(12)16/h2-8,18H,9-10H2,1H3/t20-/m0/s1. The van der Waals surface area contributed by atoms with Gasteiger partial charge in [0, 0.05) is 34.4 Å². The molecule has 0 aliphatic rings. The third kappa shape index (κ3) is 4.23.